The largest absolute Gasteiger partial charge is 0.461 e. The van der Waals surface area contributed by atoms with Crippen LogP contribution in [0.1, 0.15) is 41.0 Å². The second-order valence-corrected chi connectivity index (χ2v) is 8.96. The van der Waals surface area contributed by atoms with Crippen LogP contribution < -0.4 is 5.43 Å². The van der Waals surface area contributed by atoms with Gasteiger partial charge in [0.1, 0.15) is 18.2 Å². The zero-order chi connectivity index (χ0) is 21.3. The third-order valence-electron chi connectivity index (χ3n) is 4.91. The second kappa shape index (κ2) is 7.94. The molecule has 0 spiro atoms. The number of likely N-dealkylation sites (tertiary alicyclic amines) is 1. The van der Waals surface area contributed by atoms with E-state index in [1.54, 1.807) is 34.6 Å². The van der Waals surface area contributed by atoms with Gasteiger partial charge in [0.25, 0.3) is 5.92 Å². The van der Waals surface area contributed by atoms with Crippen molar-refractivity contribution in [1.82, 2.24) is 15.3 Å². The first-order valence-corrected chi connectivity index (χ1v) is 9.44. The second-order valence-electron chi connectivity index (χ2n) is 8.96. The number of halogens is 2. The monoisotopic (exact) mass is 403 g/mol. The minimum Gasteiger partial charge on any atom is -0.461 e. The number of nitrogens with zero attached hydrogens (tertiary/aromatic N) is 2. The highest BCUT2D eigenvalue weighted by Crippen LogP contribution is 2.39. The molecule has 9 heteroatoms. The lowest BCUT2D eigenvalue weighted by atomic mass is 9.89. The number of rotatable bonds is 6. The Morgan fingerprint density at radius 1 is 1.29 bits per heavy atom. The molecule has 0 aromatic carbocycles. The Bertz CT molecular complexity index is 619. The van der Waals surface area contributed by atoms with Gasteiger partial charge >= 0.3 is 12.1 Å². The van der Waals surface area contributed by atoms with Crippen LogP contribution in [-0.4, -0.2) is 71.8 Å². The number of hydrazine groups is 1. The maximum Gasteiger partial charge on any atom is 0.410 e. The van der Waals surface area contributed by atoms with Gasteiger partial charge < -0.3 is 9.47 Å². The molecule has 2 heterocycles. The molecule has 160 valence electrons. The highest BCUT2D eigenvalue weighted by molar-refractivity contribution is 5.76. The number of carbonyl (C=O) groups is 2. The number of nitrogens with one attached hydrogen (secondary N) is 1. The fraction of sp³-hybridized carbons (Fsp3) is 0.789. The van der Waals surface area contributed by atoms with Crippen LogP contribution in [0.15, 0.2) is 12.7 Å². The smallest absolute Gasteiger partial charge is 0.410 e. The summed E-state index contributed by atoms with van der Waals surface area (Å²) in [5, 5.41) is 1.44. The Morgan fingerprint density at radius 2 is 1.93 bits per heavy atom. The number of carbonyl (C=O) groups excluding carboxylic acids is 2. The van der Waals surface area contributed by atoms with Crippen LogP contribution in [-0.2, 0) is 14.3 Å². The predicted octanol–water partition coefficient (Wildman–Crippen LogP) is 2.58. The number of amides is 1. The molecule has 2 aliphatic heterocycles. The maximum absolute atomic E-state index is 14.7. The molecule has 1 N–H and O–H groups in total. The van der Waals surface area contributed by atoms with Gasteiger partial charge in [-0.2, -0.15) is 0 Å². The SMILES string of the molecule is C=CCOC(=O)C(C)(C)CCN1NC[C@H]2[C@@H]1C(F)(F)CN2C(=O)OC(C)(C)C. The topological polar surface area (TPSA) is 71.1 Å². The average Bonchev–Trinajstić information content (AvgIpc) is 3.09. The van der Waals surface area contributed by atoms with E-state index < -0.39 is 47.6 Å². The summed E-state index contributed by atoms with van der Waals surface area (Å²) in [6.07, 6.45) is 1.06. The van der Waals surface area contributed by atoms with Crippen LogP contribution in [0.25, 0.3) is 0 Å². The van der Waals surface area contributed by atoms with E-state index in [1.807, 2.05) is 0 Å². The molecule has 0 saturated carbocycles. The van der Waals surface area contributed by atoms with Crippen molar-refractivity contribution in [3.63, 3.8) is 0 Å². The molecule has 2 fully saturated rings. The van der Waals surface area contributed by atoms with Gasteiger partial charge in [-0.3, -0.25) is 15.1 Å². The summed E-state index contributed by atoms with van der Waals surface area (Å²) in [5.74, 6) is -3.49. The van der Waals surface area contributed by atoms with Gasteiger partial charge in [0.05, 0.1) is 18.0 Å². The Labute approximate surface area is 165 Å². The highest BCUT2D eigenvalue weighted by Gasteiger charge is 2.61. The Balaban J connectivity index is 2.03. The van der Waals surface area contributed by atoms with Gasteiger partial charge in [-0.25, -0.2) is 18.6 Å². The van der Waals surface area contributed by atoms with Crippen molar-refractivity contribution in [3.05, 3.63) is 12.7 Å². The van der Waals surface area contributed by atoms with E-state index >= 15 is 0 Å². The summed E-state index contributed by atoms with van der Waals surface area (Å²) < 4.78 is 39.8. The third-order valence-corrected chi connectivity index (χ3v) is 4.91. The average molecular weight is 403 g/mol. The lowest BCUT2D eigenvalue weighted by Gasteiger charge is -2.30. The Morgan fingerprint density at radius 3 is 2.50 bits per heavy atom. The van der Waals surface area contributed by atoms with Gasteiger partial charge in [-0.05, 0) is 41.0 Å². The van der Waals surface area contributed by atoms with Crippen molar-refractivity contribution < 1.29 is 27.8 Å². The first kappa shape index (κ1) is 22.5. The maximum atomic E-state index is 14.7. The van der Waals surface area contributed by atoms with Crippen LogP contribution in [0.2, 0.25) is 0 Å². The molecule has 0 aromatic rings. The quantitative estimate of drug-likeness (QED) is 0.543. The van der Waals surface area contributed by atoms with Crippen LogP contribution in [0, 0.1) is 5.41 Å². The molecule has 2 aliphatic rings. The van der Waals surface area contributed by atoms with Crippen LogP contribution in [0.4, 0.5) is 13.6 Å². The first-order chi connectivity index (χ1) is 12.8. The molecule has 1 amide bonds. The molecule has 2 rings (SSSR count). The summed E-state index contributed by atoms with van der Waals surface area (Å²) in [5.41, 5.74) is 1.36. The van der Waals surface area contributed by atoms with Crippen molar-refractivity contribution in [1.29, 1.82) is 0 Å². The standard InChI is InChI=1S/C19H31F2N3O4/c1-7-10-27-15(25)18(5,6)8-9-24-14-13(11-22-24)23(12-19(14,20)21)16(26)28-17(2,3)4/h7,13-14,22H,1,8-12H2,2-6H3/t13-,14+/m0/s1. The lowest BCUT2D eigenvalue weighted by molar-refractivity contribution is -0.153. The van der Waals surface area contributed by atoms with E-state index in [0.29, 0.717) is 6.42 Å². The van der Waals surface area contributed by atoms with E-state index in [2.05, 4.69) is 12.0 Å². The molecular formula is C19H31F2N3O4. The van der Waals surface area contributed by atoms with Crippen molar-refractivity contribution in [2.45, 2.75) is 64.6 Å². The summed E-state index contributed by atoms with van der Waals surface area (Å²) >= 11 is 0. The summed E-state index contributed by atoms with van der Waals surface area (Å²) in [6, 6.07) is -1.86. The van der Waals surface area contributed by atoms with Crippen LogP contribution in [0.5, 0.6) is 0 Å². The molecule has 0 unspecified atom stereocenters. The van der Waals surface area contributed by atoms with Crippen molar-refractivity contribution in [2.75, 3.05) is 26.2 Å². The summed E-state index contributed by atoms with van der Waals surface area (Å²) in [7, 11) is 0. The number of hydrogen-bond donors (Lipinski definition) is 1. The fourth-order valence-electron chi connectivity index (χ4n) is 3.43. The Hall–Kier alpha value is -1.74. The number of hydrogen-bond acceptors (Lipinski definition) is 6. The van der Waals surface area contributed by atoms with Crippen molar-refractivity contribution in [2.24, 2.45) is 5.41 Å². The summed E-state index contributed by atoms with van der Waals surface area (Å²) in [6.45, 7) is 11.9. The predicted molar refractivity (Wildman–Crippen MR) is 99.7 cm³/mol. The number of ether oxygens (including phenoxy) is 2. The molecule has 0 bridgehead atoms. The van der Waals surface area contributed by atoms with Gasteiger partial charge in [-0.15, -0.1) is 0 Å². The molecule has 7 nitrogen and oxygen atoms in total. The van der Waals surface area contributed by atoms with Crippen LogP contribution in [0.3, 0.4) is 0 Å². The highest BCUT2D eigenvalue weighted by atomic mass is 19.3. The fourth-order valence-corrected chi connectivity index (χ4v) is 3.43. The summed E-state index contributed by atoms with van der Waals surface area (Å²) in [4.78, 5) is 25.6. The van der Waals surface area contributed by atoms with E-state index in [1.165, 1.54) is 11.1 Å². The number of fused-ring (bicyclic) bond motifs is 1. The molecule has 2 atom stereocenters. The van der Waals surface area contributed by atoms with Gasteiger partial charge in [0, 0.05) is 13.1 Å². The number of esters is 1. The molecule has 0 radical (unpaired) electrons. The van der Waals surface area contributed by atoms with Gasteiger partial charge in [0.2, 0.25) is 0 Å². The van der Waals surface area contributed by atoms with Crippen molar-refractivity contribution >= 4 is 12.1 Å². The molecule has 0 aromatic heterocycles. The minimum atomic E-state index is -3.08. The molecule has 28 heavy (non-hydrogen) atoms. The van der Waals surface area contributed by atoms with Crippen LogP contribution >= 0.6 is 0 Å². The normalized spacial score (nSPS) is 24.8. The zero-order valence-corrected chi connectivity index (χ0v) is 17.3. The molecule has 2 saturated heterocycles. The molecule has 0 aliphatic carbocycles. The number of alkyl halides is 2. The zero-order valence-electron chi connectivity index (χ0n) is 17.3. The minimum absolute atomic E-state index is 0.109. The molecular weight excluding hydrogens is 372 g/mol. The van der Waals surface area contributed by atoms with Gasteiger partial charge in [-0.1, -0.05) is 12.7 Å². The third kappa shape index (κ3) is 5.00. The van der Waals surface area contributed by atoms with E-state index in [-0.39, 0.29) is 19.7 Å². The van der Waals surface area contributed by atoms with Crippen molar-refractivity contribution in [3.8, 4) is 0 Å². The van der Waals surface area contributed by atoms with E-state index in [9.17, 15) is 18.4 Å². The Kier molecular flexibility index (Phi) is 6.40. The van der Waals surface area contributed by atoms with Gasteiger partial charge in [0.15, 0.2) is 0 Å². The van der Waals surface area contributed by atoms with E-state index in [0.717, 1.165) is 4.90 Å². The lowest BCUT2D eigenvalue weighted by Crippen LogP contribution is -2.49. The van der Waals surface area contributed by atoms with E-state index in [4.69, 9.17) is 9.47 Å². The first-order valence-electron chi connectivity index (χ1n) is 9.44.